The van der Waals surface area contributed by atoms with Crippen LogP contribution in [0.5, 0.6) is 0 Å². The van der Waals surface area contributed by atoms with Crippen LogP contribution < -0.4 is 9.80 Å². The minimum Gasteiger partial charge on any atom is -0.456 e. The van der Waals surface area contributed by atoms with Crippen LogP contribution in [0.2, 0.25) is 0 Å². The molecule has 0 bridgehead atoms. The molecule has 4 heterocycles. The first kappa shape index (κ1) is 42.2. The summed E-state index contributed by atoms with van der Waals surface area (Å²) in [7, 11) is 0. The molecule has 16 rings (SSSR count). The normalized spacial score (nSPS) is 11.9. The Morgan fingerprint density at radius 1 is 0.224 bits per heavy atom. The summed E-state index contributed by atoms with van der Waals surface area (Å²) in [6.45, 7) is 0. The minimum absolute atomic E-state index is 0.857. The van der Waals surface area contributed by atoms with Crippen molar-refractivity contribution < 1.29 is 8.83 Å². The van der Waals surface area contributed by atoms with Gasteiger partial charge in [0, 0.05) is 101 Å². The third kappa shape index (κ3) is 6.41. The lowest BCUT2D eigenvalue weighted by Gasteiger charge is -2.25. The quantitative estimate of drug-likeness (QED) is 0.152. The summed E-state index contributed by atoms with van der Waals surface area (Å²) in [5.41, 5.74) is 16.5. The molecule has 0 radical (unpaired) electrons. The zero-order chi connectivity index (χ0) is 49.8. The van der Waals surface area contributed by atoms with Gasteiger partial charge in [-0.25, -0.2) is 0 Å². The van der Waals surface area contributed by atoms with Gasteiger partial charge in [-0.05, 0) is 132 Å². The van der Waals surface area contributed by atoms with Crippen molar-refractivity contribution in [3.63, 3.8) is 0 Å². The largest absolute Gasteiger partial charge is 0.456 e. The number of fused-ring (bicyclic) bond motifs is 15. The minimum atomic E-state index is 0.857. The molecule has 16 aromatic rings. The second-order valence-corrected chi connectivity index (χ2v) is 19.7. The van der Waals surface area contributed by atoms with Crippen molar-refractivity contribution in [2.75, 3.05) is 9.80 Å². The van der Waals surface area contributed by atoms with E-state index in [0.717, 1.165) is 111 Å². The lowest BCUT2D eigenvalue weighted by molar-refractivity contribution is 0.668. The topological polar surface area (TPSA) is 42.6 Å². The highest BCUT2D eigenvalue weighted by molar-refractivity contribution is 6.30. The Morgan fingerprint density at radius 3 is 0.974 bits per heavy atom. The number of nitrogens with zero attached hydrogens (tertiary/aromatic N) is 4. The number of benzene rings is 12. The second kappa shape index (κ2) is 16.6. The standard InChI is InChI=1S/C70H44N4O2/c1-5-17-45(18-6-1)71(51-29-33-55-53-25-13-15-27-65(53)75-67(55)43-51)49-31-35-59-63(41-49)73(47-21-9-3-10-22-47)61-39-37-58-57(69(59)61)38-40-62-70(58)60-36-32-50(42-64(60)74(62)48-23-11-4-12-24-48)72(46-19-7-2-8-20-46)52-30-34-56-54-26-14-16-28-66(54)76-68(56)44-52/h1-44H. The van der Waals surface area contributed by atoms with E-state index in [4.69, 9.17) is 8.83 Å². The maximum atomic E-state index is 6.46. The summed E-state index contributed by atoms with van der Waals surface area (Å²) in [6, 6.07) is 95.7. The fourth-order valence-electron chi connectivity index (χ4n) is 12.2. The van der Waals surface area contributed by atoms with Crippen molar-refractivity contribution >= 4 is 132 Å². The molecular weight excluding hydrogens is 929 g/mol. The van der Waals surface area contributed by atoms with E-state index in [-0.39, 0.29) is 0 Å². The molecule has 0 atom stereocenters. The van der Waals surface area contributed by atoms with E-state index < -0.39 is 0 Å². The van der Waals surface area contributed by atoms with E-state index in [1.54, 1.807) is 0 Å². The van der Waals surface area contributed by atoms with Crippen LogP contribution in [0.15, 0.2) is 276 Å². The number of hydrogen-bond acceptors (Lipinski definition) is 4. The molecule has 6 heteroatoms. The Morgan fingerprint density at radius 2 is 0.553 bits per heavy atom. The van der Waals surface area contributed by atoms with Gasteiger partial charge in [0.1, 0.15) is 22.3 Å². The molecule has 356 valence electrons. The molecule has 12 aromatic carbocycles. The van der Waals surface area contributed by atoms with Crippen molar-refractivity contribution in [2.45, 2.75) is 0 Å². The lowest BCUT2D eigenvalue weighted by Crippen LogP contribution is -2.09. The van der Waals surface area contributed by atoms with Crippen LogP contribution in [-0.2, 0) is 0 Å². The molecule has 0 aliphatic carbocycles. The molecule has 0 fully saturated rings. The first-order valence-electron chi connectivity index (χ1n) is 25.8. The van der Waals surface area contributed by atoms with E-state index >= 15 is 0 Å². The summed E-state index contributed by atoms with van der Waals surface area (Å²) >= 11 is 0. The van der Waals surface area contributed by atoms with Gasteiger partial charge in [-0.3, -0.25) is 0 Å². The lowest BCUT2D eigenvalue weighted by atomic mass is 9.99. The van der Waals surface area contributed by atoms with Gasteiger partial charge in [0.15, 0.2) is 0 Å². The van der Waals surface area contributed by atoms with Gasteiger partial charge in [0.2, 0.25) is 0 Å². The first-order valence-corrected chi connectivity index (χ1v) is 25.8. The molecule has 76 heavy (non-hydrogen) atoms. The van der Waals surface area contributed by atoms with Crippen molar-refractivity contribution in [2.24, 2.45) is 0 Å². The first-order chi connectivity index (χ1) is 37.7. The predicted molar refractivity (Wildman–Crippen MR) is 317 cm³/mol. The van der Waals surface area contributed by atoms with Crippen LogP contribution in [0.3, 0.4) is 0 Å². The summed E-state index contributed by atoms with van der Waals surface area (Å²) in [4.78, 5) is 4.67. The van der Waals surface area contributed by atoms with Gasteiger partial charge in [-0.2, -0.15) is 0 Å². The fourth-order valence-corrected chi connectivity index (χ4v) is 12.2. The summed E-state index contributed by atoms with van der Waals surface area (Å²) in [6.07, 6.45) is 0. The van der Waals surface area contributed by atoms with Gasteiger partial charge in [-0.15, -0.1) is 0 Å². The number of aromatic nitrogens is 2. The maximum Gasteiger partial charge on any atom is 0.137 e. The number of furan rings is 2. The molecule has 0 N–H and O–H groups in total. The number of para-hydroxylation sites is 6. The molecule has 6 nitrogen and oxygen atoms in total. The number of anilines is 6. The van der Waals surface area contributed by atoms with Crippen molar-refractivity contribution in [1.82, 2.24) is 9.13 Å². The van der Waals surface area contributed by atoms with E-state index in [1.165, 1.54) is 32.3 Å². The molecule has 0 saturated heterocycles. The van der Waals surface area contributed by atoms with E-state index in [1.807, 2.05) is 24.3 Å². The molecular formula is C70H44N4O2. The Kier molecular flexibility index (Phi) is 9.23. The van der Waals surface area contributed by atoms with E-state index in [9.17, 15) is 0 Å². The summed E-state index contributed by atoms with van der Waals surface area (Å²) in [5, 5.41) is 11.6. The van der Waals surface area contributed by atoms with Gasteiger partial charge in [-0.1, -0.05) is 133 Å². The van der Waals surface area contributed by atoms with E-state index in [0.29, 0.717) is 0 Å². The zero-order valence-electron chi connectivity index (χ0n) is 41.0. The smallest absolute Gasteiger partial charge is 0.137 e. The monoisotopic (exact) mass is 972 g/mol. The van der Waals surface area contributed by atoms with Crippen molar-refractivity contribution in [3.8, 4) is 11.4 Å². The fraction of sp³-hybridized carbons (Fsp3) is 0. The molecule has 4 aromatic heterocycles. The molecule has 0 amide bonds. The van der Waals surface area contributed by atoms with Crippen LogP contribution in [0.25, 0.3) is 110 Å². The van der Waals surface area contributed by atoms with Crippen LogP contribution >= 0.6 is 0 Å². The highest BCUT2D eigenvalue weighted by Gasteiger charge is 2.24. The van der Waals surface area contributed by atoms with E-state index in [2.05, 4.69) is 262 Å². The number of hydrogen-bond donors (Lipinski definition) is 0. The molecule has 0 aliphatic heterocycles. The summed E-state index contributed by atoms with van der Waals surface area (Å²) < 4.78 is 17.8. The third-order valence-corrected chi connectivity index (χ3v) is 15.4. The highest BCUT2D eigenvalue weighted by Crippen LogP contribution is 2.47. The Balaban J connectivity index is 0.920. The molecule has 0 saturated carbocycles. The zero-order valence-corrected chi connectivity index (χ0v) is 41.0. The summed E-state index contributed by atoms with van der Waals surface area (Å²) in [5.74, 6) is 0. The Hall–Kier alpha value is -10.3. The van der Waals surface area contributed by atoms with Crippen LogP contribution in [0.4, 0.5) is 34.1 Å². The average molecular weight is 973 g/mol. The van der Waals surface area contributed by atoms with Gasteiger partial charge >= 0.3 is 0 Å². The van der Waals surface area contributed by atoms with Gasteiger partial charge in [0.05, 0.1) is 22.1 Å². The Bertz CT molecular complexity index is 4620. The average Bonchev–Trinajstić information content (AvgIpc) is 4.35. The highest BCUT2D eigenvalue weighted by atomic mass is 16.3. The van der Waals surface area contributed by atoms with Crippen LogP contribution in [-0.4, -0.2) is 9.13 Å². The van der Waals surface area contributed by atoms with Crippen LogP contribution in [0.1, 0.15) is 0 Å². The van der Waals surface area contributed by atoms with Gasteiger partial charge in [0.25, 0.3) is 0 Å². The SMILES string of the molecule is c1ccc(N(c2ccc3c(c2)oc2ccccc23)c2ccc3c4c5ccc6c(c5ccc4n(-c4ccccc4)c3c2)c2ccc(N(c3ccccc3)c3ccc4c(c3)oc3ccccc34)cc2n6-c2ccccc2)cc1. The molecule has 0 aliphatic rings. The van der Waals surface area contributed by atoms with Crippen molar-refractivity contribution in [3.05, 3.63) is 267 Å². The molecule has 0 unspecified atom stereocenters. The van der Waals surface area contributed by atoms with Crippen molar-refractivity contribution in [1.29, 1.82) is 0 Å². The van der Waals surface area contributed by atoms with Crippen LogP contribution in [0, 0.1) is 0 Å². The Labute approximate surface area is 436 Å². The molecule has 0 spiro atoms. The second-order valence-electron chi connectivity index (χ2n) is 19.7. The predicted octanol–water partition coefficient (Wildman–Crippen LogP) is 19.8. The van der Waals surface area contributed by atoms with Gasteiger partial charge < -0.3 is 27.8 Å². The third-order valence-electron chi connectivity index (χ3n) is 15.4. The maximum absolute atomic E-state index is 6.46. The number of rotatable bonds is 8.